The Hall–Kier alpha value is -3.68. The lowest BCUT2D eigenvalue weighted by atomic mass is 10.1. The topological polar surface area (TPSA) is 105 Å². The summed E-state index contributed by atoms with van der Waals surface area (Å²) in [6.45, 7) is 0.278. The molecule has 0 unspecified atom stereocenters. The molecule has 0 spiro atoms. The number of carbonyl (C=O) groups excluding carboxylic acids is 4. The van der Waals surface area contributed by atoms with Crippen molar-refractivity contribution in [1.29, 1.82) is 0 Å². The van der Waals surface area contributed by atoms with Crippen LogP contribution in [0.5, 0.6) is 0 Å². The van der Waals surface area contributed by atoms with Gasteiger partial charge < -0.3 is 15.4 Å². The minimum Gasteiger partial charge on any atom is -0.452 e. The molecular formula is C22H23N3O5. The van der Waals surface area contributed by atoms with Gasteiger partial charge in [0.2, 0.25) is 5.91 Å². The number of aryl methyl sites for hydroxylation is 1. The maximum absolute atomic E-state index is 12.1. The number of hydrogen-bond acceptors (Lipinski definition) is 5. The molecular weight excluding hydrogens is 386 g/mol. The van der Waals surface area contributed by atoms with Crippen LogP contribution in [0, 0.1) is 0 Å². The largest absolute Gasteiger partial charge is 0.452 e. The first kappa shape index (κ1) is 21.0. The van der Waals surface area contributed by atoms with Crippen molar-refractivity contribution in [2.45, 2.75) is 19.4 Å². The van der Waals surface area contributed by atoms with Crippen LogP contribution < -0.4 is 10.6 Å². The lowest BCUT2D eigenvalue weighted by Crippen LogP contribution is -2.30. The van der Waals surface area contributed by atoms with E-state index in [1.807, 2.05) is 30.3 Å². The maximum atomic E-state index is 12.1. The Morgan fingerprint density at radius 3 is 2.40 bits per heavy atom. The van der Waals surface area contributed by atoms with E-state index in [2.05, 4.69) is 10.6 Å². The Morgan fingerprint density at radius 2 is 1.73 bits per heavy atom. The van der Waals surface area contributed by atoms with Crippen LogP contribution in [0.2, 0.25) is 0 Å². The van der Waals surface area contributed by atoms with Crippen LogP contribution in [0.3, 0.4) is 0 Å². The summed E-state index contributed by atoms with van der Waals surface area (Å²) in [5.41, 5.74) is 2.19. The van der Waals surface area contributed by atoms with Crippen molar-refractivity contribution in [2.24, 2.45) is 0 Å². The molecule has 1 aliphatic heterocycles. The zero-order valence-corrected chi connectivity index (χ0v) is 16.4. The summed E-state index contributed by atoms with van der Waals surface area (Å²) >= 11 is 0. The molecule has 8 nitrogen and oxygen atoms in total. The molecule has 0 radical (unpaired) electrons. The summed E-state index contributed by atoms with van der Waals surface area (Å²) in [7, 11) is 0. The average Bonchev–Trinajstić information content (AvgIpc) is 3.08. The fraction of sp³-hybridized carbons (Fsp3) is 0.273. The number of carbonyl (C=O) groups is 4. The highest BCUT2D eigenvalue weighted by atomic mass is 16.5. The van der Waals surface area contributed by atoms with Gasteiger partial charge in [-0.05, 0) is 36.1 Å². The highest BCUT2D eigenvalue weighted by Gasteiger charge is 2.28. The molecule has 156 valence electrons. The third-order valence-corrected chi connectivity index (χ3v) is 4.61. The van der Waals surface area contributed by atoms with Crippen LogP contribution in [0.1, 0.15) is 27.9 Å². The Kier molecular flexibility index (Phi) is 7.15. The van der Waals surface area contributed by atoms with Crippen LogP contribution in [0.15, 0.2) is 54.6 Å². The van der Waals surface area contributed by atoms with E-state index in [9.17, 15) is 19.2 Å². The van der Waals surface area contributed by atoms with E-state index in [4.69, 9.17) is 4.74 Å². The Labute approximate surface area is 174 Å². The van der Waals surface area contributed by atoms with E-state index in [-0.39, 0.29) is 37.1 Å². The van der Waals surface area contributed by atoms with Crippen molar-refractivity contribution >= 4 is 23.8 Å². The molecule has 2 aromatic carbocycles. The molecule has 30 heavy (non-hydrogen) atoms. The highest BCUT2D eigenvalue weighted by molar-refractivity contribution is 6.01. The number of hydrogen-bond donors (Lipinski definition) is 2. The van der Waals surface area contributed by atoms with Gasteiger partial charge in [-0.2, -0.15) is 0 Å². The van der Waals surface area contributed by atoms with Crippen LogP contribution >= 0.6 is 0 Å². The molecule has 4 amide bonds. The summed E-state index contributed by atoms with van der Waals surface area (Å²) in [5.74, 6) is -1.26. The SMILES string of the molecule is O=C(COC(=O)c1ccc(CN2C(=O)CNC2=O)cc1)NCCCc1ccccc1. The number of nitrogens with one attached hydrogen (secondary N) is 2. The normalized spacial score (nSPS) is 13.1. The van der Waals surface area contributed by atoms with Gasteiger partial charge in [-0.1, -0.05) is 42.5 Å². The predicted molar refractivity (Wildman–Crippen MR) is 108 cm³/mol. The Morgan fingerprint density at radius 1 is 1.00 bits per heavy atom. The molecule has 2 aromatic rings. The molecule has 0 aliphatic carbocycles. The molecule has 0 saturated carbocycles. The molecule has 8 heteroatoms. The molecule has 1 fully saturated rings. The zero-order valence-electron chi connectivity index (χ0n) is 16.4. The summed E-state index contributed by atoms with van der Waals surface area (Å²) in [4.78, 5) is 48.2. The summed E-state index contributed by atoms with van der Waals surface area (Å²) in [6, 6.07) is 15.9. The van der Waals surface area contributed by atoms with Gasteiger partial charge in [-0.25, -0.2) is 9.59 Å². The predicted octanol–water partition coefficient (Wildman–Crippen LogP) is 1.64. The molecule has 1 saturated heterocycles. The van der Waals surface area contributed by atoms with Crippen molar-refractivity contribution in [1.82, 2.24) is 15.5 Å². The van der Waals surface area contributed by atoms with Crippen LogP contribution in [-0.4, -0.2) is 48.4 Å². The van der Waals surface area contributed by atoms with E-state index in [1.54, 1.807) is 12.1 Å². The number of amides is 4. The molecule has 0 atom stereocenters. The number of urea groups is 1. The van der Waals surface area contributed by atoms with Crippen molar-refractivity contribution in [3.63, 3.8) is 0 Å². The number of imide groups is 1. The summed E-state index contributed by atoms with van der Waals surface area (Å²) in [6.07, 6.45) is 1.65. The standard InChI is InChI=1S/C22H23N3O5/c26-19(23-12-4-7-16-5-2-1-3-6-16)15-30-21(28)18-10-8-17(9-11-18)14-25-20(27)13-24-22(25)29/h1-3,5-6,8-11H,4,7,12-15H2,(H,23,26)(H,24,29). The smallest absolute Gasteiger partial charge is 0.338 e. The number of esters is 1. The van der Waals surface area contributed by atoms with Crippen molar-refractivity contribution < 1.29 is 23.9 Å². The van der Waals surface area contributed by atoms with Gasteiger partial charge in [0.1, 0.15) is 0 Å². The van der Waals surface area contributed by atoms with Gasteiger partial charge in [-0.15, -0.1) is 0 Å². The third-order valence-electron chi connectivity index (χ3n) is 4.61. The summed E-state index contributed by atoms with van der Waals surface area (Å²) < 4.78 is 5.03. The van der Waals surface area contributed by atoms with Gasteiger partial charge in [0.15, 0.2) is 6.61 Å². The molecule has 0 aromatic heterocycles. The van der Waals surface area contributed by atoms with E-state index in [0.717, 1.165) is 17.7 Å². The minimum absolute atomic E-state index is 0.00242. The van der Waals surface area contributed by atoms with Crippen LogP contribution in [0.4, 0.5) is 4.79 Å². The first-order valence-electron chi connectivity index (χ1n) is 9.68. The number of ether oxygens (including phenoxy) is 1. The van der Waals surface area contributed by atoms with Gasteiger partial charge >= 0.3 is 12.0 Å². The Balaban J connectivity index is 1.37. The maximum Gasteiger partial charge on any atom is 0.338 e. The fourth-order valence-corrected chi connectivity index (χ4v) is 2.97. The number of rotatable bonds is 9. The van der Waals surface area contributed by atoms with E-state index in [1.165, 1.54) is 17.7 Å². The van der Waals surface area contributed by atoms with Gasteiger partial charge in [-0.3, -0.25) is 14.5 Å². The first-order valence-corrected chi connectivity index (χ1v) is 9.68. The fourth-order valence-electron chi connectivity index (χ4n) is 2.97. The monoisotopic (exact) mass is 409 g/mol. The lowest BCUT2D eigenvalue weighted by Gasteiger charge is -2.12. The quantitative estimate of drug-likeness (QED) is 0.372. The highest BCUT2D eigenvalue weighted by Crippen LogP contribution is 2.11. The van der Waals surface area contributed by atoms with Gasteiger partial charge in [0, 0.05) is 6.54 Å². The molecule has 1 aliphatic rings. The van der Waals surface area contributed by atoms with E-state index >= 15 is 0 Å². The molecule has 0 bridgehead atoms. The molecule has 3 rings (SSSR count). The minimum atomic E-state index is -0.615. The number of benzene rings is 2. The van der Waals surface area contributed by atoms with Crippen LogP contribution in [-0.2, 0) is 27.3 Å². The molecule has 2 N–H and O–H groups in total. The zero-order chi connectivity index (χ0) is 21.3. The Bertz CT molecular complexity index is 896. The summed E-state index contributed by atoms with van der Waals surface area (Å²) in [5, 5.41) is 5.17. The molecule has 1 heterocycles. The van der Waals surface area contributed by atoms with E-state index < -0.39 is 12.0 Å². The first-order chi connectivity index (χ1) is 14.5. The van der Waals surface area contributed by atoms with Crippen molar-refractivity contribution in [2.75, 3.05) is 19.7 Å². The lowest BCUT2D eigenvalue weighted by molar-refractivity contribution is -0.125. The average molecular weight is 409 g/mol. The van der Waals surface area contributed by atoms with E-state index in [0.29, 0.717) is 12.1 Å². The number of nitrogens with zero attached hydrogens (tertiary/aromatic N) is 1. The van der Waals surface area contributed by atoms with Crippen LogP contribution in [0.25, 0.3) is 0 Å². The second kappa shape index (κ2) is 10.2. The van der Waals surface area contributed by atoms with Gasteiger partial charge in [0.25, 0.3) is 5.91 Å². The second-order valence-corrected chi connectivity index (χ2v) is 6.85. The second-order valence-electron chi connectivity index (χ2n) is 6.85. The third kappa shape index (κ3) is 5.91. The van der Waals surface area contributed by atoms with Gasteiger partial charge in [0.05, 0.1) is 18.7 Å². The van der Waals surface area contributed by atoms with Crippen molar-refractivity contribution in [3.8, 4) is 0 Å². The van der Waals surface area contributed by atoms with Crippen molar-refractivity contribution in [3.05, 3.63) is 71.3 Å².